The van der Waals surface area contributed by atoms with Crippen molar-refractivity contribution in [3.8, 4) is 23.2 Å². The summed E-state index contributed by atoms with van der Waals surface area (Å²) in [5.41, 5.74) is 0.986. The van der Waals surface area contributed by atoms with Crippen LogP contribution in [0.4, 0.5) is 10.2 Å². The number of nitriles is 1. The molecular weight excluding hydrogens is 569 g/mol. The second-order valence-corrected chi connectivity index (χ2v) is 11.4. The molecule has 2 unspecified atom stereocenters. The molecule has 43 heavy (non-hydrogen) atoms. The molecule has 0 bridgehead atoms. The van der Waals surface area contributed by atoms with E-state index in [2.05, 4.69) is 34.6 Å². The van der Waals surface area contributed by atoms with Crippen molar-refractivity contribution in [3.05, 3.63) is 66.2 Å². The maximum Gasteiger partial charge on any atom is 0.319 e. The van der Waals surface area contributed by atoms with Gasteiger partial charge in [-0.15, -0.1) is 0 Å². The van der Waals surface area contributed by atoms with Gasteiger partial charge in [0.15, 0.2) is 5.82 Å². The molecule has 2 aromatic carbocycles. The normalized spacial score (nSPS) is 19.1. The molecule has 6 rings (SSSR count). The number of aromatic nitrogens is 3. The quantitative estimate of drug-likeness (QED) is 0.267. The molecule has 0 aliphatic carbocycles. The van der Waals surface area contributed by atoms with Gasteiger partial charge in [0.1, 0.15) is 17.9 Å². The molecule has 1 amide bonds. The molecule has 2 aromatic heterocycles. The monoisotopic (exact) mass is 599 g/mol. The van der Waals surface area contributed by atoms with Crippen LogP contribution in [-0.4, -0.2) is 82.6 Å². The summed E-state index contributed by atoms with van der Waals surface area (Å²) in [4.78, 5) is 32.0. The number of carbonyl (C=O) groups excluding carboxylic acids is 1. The average molecular weight is 600 g/mol. The first-order valence-electron chi connectivity index (χ1n) is 14.3. The summed E-state index contributed by atoms with van der Waals surface area (Å²) in [6.45, 7) is 6.12. The van der Waals surface area contributed by atoms with E-state index in [-0.39, 0.29) is 35.9 Å². The molecule has 0 saturated carbocycles. The van der Waals surface area contributed by atoms with Crippen LogP contribution < -0.4 is 9.64 Å². The number of rotatable bonds is 7. The first kappa shape index (κ1) is 28.8. The molecule has 4 heterocycles. The standard InChI is InChI=1S/C32H31ClFN7O2/c1-3-27(42)41-15-14-40(18-21(41)11-12-35)31-24-10-9-23(25-17-36-16-20-6-4-8-26(33)28(20)25)29(34)30(24)37-32(38-31)43-19-22-7-5-13-39(22)2/h3-4,6,8-10,16-17,21-22H,1,5,7,11,13-15,18-19H2,2H3. The number of benzene rings is 2. The van der Waals surface area contributed by atoms with Crippen LogP contribution in [0.5, 0.6) is 6.01 Å². The Bertz CT molecular complexity index is 1750. The van der Waals surface area contributed by atoms with Gasteiger partial charge in [0.25, 0.3) is 0 Å². The number of amides is 1. The molecule has 0 spiro atoms. The van der Waals surface area contributed by atoms with E-state index in [4.69, 9.17) is 21.3 Å². The minimum Gasteiger partial charge on any atom is -0.462 e. The van der Waals surface area contributed by atoms with Crippen LogP contribution in [0.2, 0.25) is 5.02 Å². The number of piperazine rings is 1. The number of anilines is 1. The highest BCUT2D eigenvalue weighted by Crippen LogP contribution is 2.38. The van der Waals surface area contributed by atoms with Crippen LogP contribution in [0, 0.1) is 17.1 Å². The fourth-order valence-electron chi connectivity index (χ4n) is 6.13. The number of carbonyl (C=O) groups is 1. The predicted molar refractivity (Wildman–Crippen MR) is 165 cm³/mol. The van der Waals surface area contributed by atoms with Gasteiger partial charge in [-0.3, -0.25) is 9.78 Å². The summed E-state index contributed by atoms with van der Waals surface area (Å²) < 4.78 is 22.7. The Labute approximate surface area is 254 Å². The third-order valence-corrected chi connectivity index (χ3v) is 8.75. The Hall–Kier alpha value is -4.33. The molecule has 2 aliphatic rings. The van der Waals surface area contributed by atoms with Crippen LogP contribution >= 0.6 is 11.6 Å². The number of halogens is 2. The van der Waals surface area contributed by atoms with E-state index in [0.717, 1.165) is 24.8 Å². The minimum atomic E-state index is -0.535. The zero-order valence-electron chi connectivity index (χ0n) is 23.8. The molecule has 2 aliphatic heterocycles. The van der Waals surface area contributed by atoms with Gasteiger partial charge in [0.2, 0.25) is 5.91 Å². The van der Waals surface area contributed by atoms with E-state index in [0.29, 0.717) is 59.0 Å². The fourth-order valence-corrected chi connectivity index (χ4v) is 6.41. The highest BCUT2D eigenvalue weighted by Gasteiger charge is 2.32. The largest absolute Gasteiger partial charge is 0.462 e. The lowest BCUT2D eigenvalue weighted by Gasteiger charge is -2.41. The molecule has 2 fully saturated rings. The van der Waals surface area contributed by atoms with Crippen LogP contribution in [-0.2, 0) is 4.79 Å². The SMILES string of the molecule is C=CC(=O)N1CCN(c2nc(OCC3CCCN3C)nc3c(F)c(-c4cncc5cccc(Cl)c45)ccc23)CC1CC#N. The lowest BCUT2D eigenvalue weighted by molar-refractivity contribution is -0.128. The zero-order valence-corrected chi connectivity index (χ0v) is 24.6. The molecule has 11 heteroatoms. The van der Waals surface area contributed by atoms with Gasteiger partial charge in [-0.05, 0) is 44.6 Å². The molecule has 4 aromatic rings. The van der Waals surface area contributed by atoms with E-state index < -0.39 is 5.82 Å². The maximum absolute atomic E-state index is 16.6. The van der Waals surface area contributed by atoms with Crippen molar-refractivity contribution in [1.29, 1.82) is 5.26 Å². The van der Waals surface area contributed by atoms with E-state index in [1.807, 2.05) is 17.0 Å². The van der Waals surface area contributed by atoms with Gasteiger partial charge >= 0.3 is 6.01 Å². The van der Waals surface area contributed by atoms with E-state index >= 15 is 4.39 Å². The van der Waals surface area contributed by atoms with Gasteiger partial charge in [-0.25, -0.2) is 4.39 Å². The number of pyridine rings is 1. The summed E-state index contributed by atoms with van der Waals surface area (Å²) in [5, 5.41) is 12.0. The van der Waals surface area contributed by atoms with Crippen molar-refractivity contribution in [2.24, 2.45) is 0 Å². The second-order valence-electron chi connectivity index (χ2n) is 11.0. The van der Waals surface area contributed by atoms with Crippen molar-refractivity contribution >= 4 is 45.0 Å². The number of ether oxygens (including phenoxy) is 1. The maximum atomic E-state index is 16.6. The van der Waals surface area contributed by atoms with Crippen molar-refractivity contribution in [2.75, 3.05) is 44.7 Å². The Balaban J connectivity index is 1.46. The fraction of sp³-hybridized carbons (Fsp3) is 0.344. The van der Waals surface area contributed by atoms with Gasteiger partial charge < -0.3 is 19.4 Å². The highest BCUT2D eigenvalue weighted by molar-refractivity contribution is 6.36. The third-order valence-electron chi connectivity index (χ3n) is 8.43. The number of likely N-dealkylation sites (N-methyl/N-ethyl adjacent to an activating group) is 1. The zero-order chi connectivity index (χ0) is 30.1. The van der Waals surface area contributed by atoms with Gasteiger partial charge in [0.05, 0.1) is 18.5 Å². The van der Waals surface area contributed by atoms with Crippen LogP contribution in [0.15, 0.2) is 55.4 Å². The van der Waals surface area contributed by atoms with Crippen molar-refractivity contribution in [1.82, 2.24) is 24.8 Å². The molecule has 0 radical (unpaired) electrons. The molecular formula is C32H31ClFN7O2. The highest BCUT2D eigenvalue weighted by atomic mass is 35.5. The number of nitrogens with zero attached hydrogens (tertiary/aromatic N) is 7. The first-order valence-corrected chi connectivity index (χ1v) is 14.7. The second kappa shape index (κ2) is 12.1. The number of fused-ring (bicyclic) bond motifs is 2. The first-order chi connectivity index (χ1) is 20.9. The smallest absolute Gasteiger partial charge is 0.319 e. The van der Waals surface area contributed by atoms with Crippen molar-refractivity contribution in [2.45, 2.75) is 31.3 Å². The minimum absolute atomic E-state index is 0.0781. The van der Waals surface area contributed by atoms with Crippen LogP contribution in [0.1, 0.15) is 19.3 Å². The Morgan fingerprint density at radius 3 is 2.81 bits per heavy atom. The van der Waals surface area contributed by atoms with Crippen LogP contribution in [0.25, 0.3) is 32.8 Å². The topological polar surface area (TPSA) is 98.5 Å². The Kier molecular flexibility index (Phi) is 8.10. The number of hydrogen-bond donors (Lipinski definition) is 0. The summed E-state index contributed by atoms with van der Waals surface area (Å²) >= 11 is 6.57. The number of likely N-dealkylation sites (tertiary alicyclic amines) is 1. The predicted octanol–water partition coefficient (Wildman–Crippen LogP) is 5.23. The average Bonchev–Trinajstić information content (AvgIpc) is 3.44. The molecule has 0 N–H and O–H groups in total. The lowest BCUT2D eigenvalue weighted by atomic mass is 9.99. The van der Waals surface area contributed by atoms with Crippen molar-refractivity contribution in [3.63, 3.8) is 0 Å². The molecule has 2 atom stereocenters. The van der Waals surface area contributed by atoms with E-state index in [1.54, 1.807) is 35.5 Å². The van der Waals surface area contributed by atoms with E-state index in [1.165, 1.54) is 6.08 Å². The van der Waals surface area contributed by atoms with Gasteiger partial charge in [-0.1, -0.05) is 36.4 Å². The van der Waals surface area contributed by atoms with E-state index in [9.17, 15) is 10.1 Å². The summed E-state index contributed by atoms with van der Waals surface area (Å²) in [6.07, 6.45) is 6.79. The van der Waals surface area contributed by atoms with Crippen molar-refractivity contribution < 1.29 is 13.9 Å². The number of hydrogen-bond acceptors (Lipinski definition) is 8. The summed E-state index contributed by atoms with van der Waals surface area (Å²) in [5.74, 6) is -0.268. The molecule has 9 nitrogen and oxygen atoms in total. The Morgan fingerprint density at radius 2 is 2.05 bits per heavy atom. The van der Waals surface area contributed by atoms with Gasteiger partial charge in [-0.2, -0.15) is 15.2 Å². The van der Waals surface area contributed by atoms with Gasteiger partial charge in [0, 0.05) is 70.4 Å². The lowest BCUT2D eigenvalue weighted by Crippen LogP contribution is -2.55. The summed E-state index contributed by atoms with van der Waals surface area (Å²) in [6, 6.07) is 11.1. The third kappa shape index (κ3) is 5.46. The van der Waals surface area contributed by atoms with Crippen LogP contribution in [0.3, 0.4) is 0 Å². The molecule has 220 valence electrons. The molecule has 2 saturated heterocycles. The Morgan fingerprint density at radius 1 is 1.19 bits per heavy atom. The summed E-state index contributed by atoms with van der Waals surface area (Å²) in [7, 11) is 2.06.